The largest absolute Gasteiger partial charge is 0.378 e. The van der Waals surface area contributed by atoms with Gasteiger partial charge in [0.25, 0.3) is 0 Å². The number of nitrogens with one attached hydrogen (secondary N) is 1. The van der Waals surface area contributed by atoms with Crippen LogP contribution in [0, 0.1) is 0 Å². The van der Waals surface area contributed by atoms with Gasteiger partial charge >= 0.3 is 0 Å². The third-order valence-corrected chi connectivity index (χ3v) is 3.84. The minimum Gasteiger partial charge on any atom is -0.378 e. The first-order valence-corrected chi connectivity index (χ1v) is 7.42. The van der Waals surface area contributed by atoms with Crippen molar-refractivity contribution < 1.29 is 14.2 Å². The lowest BCUT2D eigenvalue weighted by Crippen LogP contribution is -2.41. The van der Waals surface area contributed by atoms with Crippen LogP contribution in [-0.2, 0) is 14.2 Å². The Morgan fingerprint density at radius 1 is 1.06 bits per heavy atom. The summed E-state index contributed by atoms with van der Waals surface area (Å²) in [6.07, 6.45) is 6.16. The minimum absolute atomic E-state index is 0.0987. The maximum absolute atomic E-state index is 5.99. The van der Waals surface area contributed by atoms with Crippen molar-refractivity contribution in [3.8, 4) is 0 Å². The molecule has 0 aromatic rings. The Morgan fingerprint density at radius 2 is 1.67 bits per heavy atom. The van der Waals surface area contributed by atoms with Crippen molar-refractivity contribution in [3.05, 3.63) is 0 Å². The standard InChI is InChI=1S/C14H27NO3/c1-3-16-14(17-4-2)7-8-18-13-9-11-5-6-12(10-13)15-11/h11-15H,3-10H2,1-2H3. The van der Waals surface area contributed by atoms with Gasteiger partial charge in [0, 0.05) is 31.7 Å². The summed E-state index contributed by atoms with van der Waals surface area (Å²) in [4.78, 5) is 0. The zero-order valence-corrected chi connectivity index (χ0v) is 11.7. The summed E-state index contributed by atoms with van der Waals surface area (Å²) in [6, 6.07) is 1.40. The number of hydrogen-bond acceptors (Lipinski definition) is 4. The van der Waals surface area contributed by atoms with Gasteiger partial charge in [0.1, 0.15) is 0 Å². The SMILES string of the molecule is CCOC(CCOC1CC2CCC(C1)N2)OCC. The molecule has 2 fully saturated rings. The zero-order chi connectivity index (χ0) is 12.8. The average Bonchev–Trinajstić information content (AvgIpc) is 2.69. The van der Waals surface area contributed by atoms with Crippen molar-refractivity contribution in [2.24, 2.45) is 0 Å². The number of hydrogen-bond donors (Lipinski definition) is 1. The van der Waals surface area contributed by atoms with E-state index in [0.717, 1.165) is 13.0 Å². The summed E-state index contributed by atoms with van der Waals surface area (Å²) in [5.74, 6) is 0. The highest BCUT2D eigenvalue weighted by Gasteiger charge is 2.33. The molecule has 4 heteroatoms. The number of rotatable bonds is 8. The molecule has 2 saturated heterocycles. The molecule has 2 aliphatic heterocycles. The normalized spacial score (nSPS) is 31.2. The van der Waals surface area contributed by atoms with Gasteiger partial charge in [-0.3, -0.25) is 0 Å². The Morgan fingerprint density at radius 3 is 2.22 bits per heavy atom. The average molecular weight is 257 g/mol. The lowest BCUT2D eigenvalue weighted by molar-refractivity contribution is -0.150. The van der Waals surface area contributed by atoms with Gasteiger partial charge in [0.15, 0.2) is 6.29 Å². The van der Waals surface area contributed by atoms with Crippen LogP contribution >= 0.6 is 0 Å². The van der Waals surface area contributed by atoms with E-state index in [-0.39, 0.29) is 6.29 Å². The molecular weight excluding hydrogens is 230 g/mol. The molecule has 0 aromatic carbocycles. The van der Waals surface area contributed by atoms with E-state index < -0.39 is 0 Å². The number of fused-ring (bicyclic) bond motifs is 2. The summed E-state index contributed by atoms with van der Waals surface area (Å²) in [5, 5.41) is 3.63. The molecule has 2 bridgehead atoms. The highest BCUT2D eigenvalue weighted by atomic mass is 16.7. The molecule has 2 heterocycles. The van der Waals surface area contributed by atoms with Crippen molar-refractivity contribution in [1.82, 2.24) is 5.32 Å². The fourth-order valence-electron chi connectivity index (χ4n) is 3.06. The zero-order valence-electron chi connectivity index (χ0n) is 11.7. The molecule has 0 radical (unpaired) electrons. The molecule has 0 saturated carbocycles. The van der Waals surface area contributed by atoms with E-state index in [1.807, 2.05) is 13.8 Å². The first-order valence-electron chi connectivity index (χ1n) is 7.42. The highest BCUT2D eigenvalue weighted by Crippen LogP contribution is 2.28. The third-order valence-electron chi connectivity index (χ3n) is 3.84. The van der Waals surface area contributed by atoms with Crippen LogP contribution in [0.4, 0.5) is 0 Å². The summed E-state index contributed by atoms with van der Waals surface area (Å²) in [5.41, 5.74) is 0. The van der Waals surface area contributed by atoms with Gasteiger partial charge in [-0.05, 0) is 39.5 Å². The highest BCUT2D eigenvalue weighted by molar-refractivity contribution is 4.92. The van der Waals surface area contributed by atoms with Crippen molar-refractivity contribution in [3.63, 3.8) is 0 Å². The Balaban J connectivity index is 1.62. The molecule has 106 valence electrons. The summed E-state index contributed by atoms with van der Waals surface area (Å²) < 4.78 is 17.0. The van der Waals surface area contributed by atoms with Crippen LogP contribution in [0.15, 0.2) is 0 Å². The van der Waals surface area contributed by atoms with Gasteiger partial charge in [-0.1, -0.05) is 0 Å². The van der Waals surface area contributed by atoms with Gasteiger partial charge in [-0.15, -0.1) is 0 Å². The van der Waals surface area contributed by atoms with E-state index in [0.29, 0.717) is 31.4 Å². The van der Waals surface area contributed by atoms with E-state index in [2.05, 4.69) is 5.32 Å². The van der Waals surface area contributed by atoms with Crippen LogP contribution in [0.25, 0.3) is 0 Å². The molecule has 2 rings (SSSR count). The summed E-state index contributed by atoms with van der Waals surface area (Å²) in [7, 11) is 0. The molecule has 0 spiro atoms. The maximum Gasteiger partial charge on any atom is 0.159 e. The second kappa shape index (κ2) is 7.43. The summed E-state index contributed by atoms with van der Waals surface area (Å²) in [6.45, 7) is 6.13. The molecule has 0 aromatic heterocycles. The molecule has 1 N–H and O–H groups in total. The van der Waals surface area contributed by atoms with Crippen molar-refractivity contribution in [2.45, 2.75) is 70.4 Å². The lowest BCUT2D eigenvalue weighted by atomic mass is 10.0. The fraction of sp³-hybridized carbons (Fsp3) is 1.00. The summed E-state index contributed by atoms with van der Waals surface area (Å²) >= 11 is 0. The number of ether oxygens (including phenoxy) is 3. The molecular formula is C14H27NO3. The smallest absolute Gasteiger partial charge is 0.159 e. The van der Waals surface area contributed by atoms with Gasteiger partial charge in [-0.2, -0.15) is 0 Å². The Kier molecular flexibility index (Phi) is 5.89. The van der Waals surface area contributed by atoms with Gasteiger partial charge < -0.3 is 19.5 Å². The molecule has 2 aliphatic rings. The third kappa shape index (κ3) is 4.19. The molecule has 0 amide bonds. The van der Waals surface area contributed by atoms with Crippen LogP contribution in [-0.4, -0.2) is 44.3 Å². The van der Waals surface area contributed by atoms with Crippen LogP contribution in [0.2, 0.25) is 0 Å². The Labute approximate surface area is 110 Å². The van der Waals surface area contributed by atoms with Crippen LogP contribution in [0.5, 0.6) is 0 Å². The minimum atomic E-state index is -0.0987. The predicted molar refractivity (Wildman–Crippen MR) is 70.6 cm³/mol. The number of piperidine rings is 1. The first kappa shape index (κ1) is 14.3. The van der Waals surface area contributed by atoms with E-state index in [1.54, 1.807) is 0 Å². The molecule has 18 heavy (non-hydrogen) atoms. The van der Waals surface area contributed by atoms with Crippen LogP contribution in [0.1, 0.15) is 46.0 Å². The Hall–Kier alpha value is -0.160. The van der Waals surface area contributed by atoms with Crippen molar-refractivity contribution >= 4 is 0 Å². The van der Waals surface area contributed by atoms with E-state index in [4.69, 9.17) is 14.2 Å². The van der Waals surface area contributed by atoms with E-state index in [1.165, 1.54) is 25.7 Å². The van der Waals surface area contributed by atoms with E-state index in [9.17, 15) is 0 Å². The monoisotopic (exact) mass is 257 g/mol. The molecule has 0 aliphatic carbocycles. The topological polar surface area (TPSA) is 39.7 Å². The van der Waals surface area contributed by atoms with Gasteiger partial charge in [0.2, 0.25) is 0 Å². The van der Waals surface area contributed by atoms with Crippen molar-refractivity contribution in [1.29, 1.82) is 0 Å². The second-order valence-electron chi connectivity index (χ2n) is 5.23. The Bertz CT molecular complexity index is 219. The first-order chi connectivity index (χ1) is 8.81. The quantitative estimate of drug-likeness (QED) is 0.676. The molecule has 4 nitrogen and oxygen atoms in total. The predicted octanol–water partition coefficient (Wildman–Crippen LogP) is 2.08. The fourth-order valence-corrected chi connectivity index (χ4v) is 3.06. The molecule has 2 unspecified atom stereocenters. The maximum atomic E-state index is 5.99. The second-order valence-corrected chi connectivity index (χ2v) is 5.23. The van der Waals surface area contributed by atoms with Crippen LogP contribution < -0.4 is 5.32 Å². The van der Waals surface area contributed by atoms with Crippen molar-refractivity contribution in [2.75, 3.05) is 19.8 Å². The van der Waals surface area contributed by atoms with Gasteiger partial charge in [0.05, 0.1) is 12.7 Å². The van der Waals surface area contributed by atoms with E-state index >= 15 is 0 Å². The van der Waals surface area contributed by atoms with Gasteiger partial charge in [-0.25, -0.2) is 0 Å². The van der Waals surface area contributed by atoms with Crippen LogP contribution in [0.3, 0.4) is 0 Å². The molecule has 2 atom stereocenters. The lowest BCUT2D eigenvalue weighted by Gasteiger charge is -2.29.